The van der Waals surface area contributed by atoms with E-state index in [0.717, 1.165) is 10.4 Å². The number of rotatable bonds is 6. The number of fused-ring (bicyclic) bond motifs is 1. The van der Waals surface area contributed by atoms with Gasteiger partial charge in [0.2, 0.25) is 5.91 Å². The first-order valence-electron chi connectivity index (χ1n) is 8.77. The van der Waals surface area contributed by atoms with Gasteiger partial charge in [-0.05, 0) is 32.2 Å². The topological polar surface area (TPSA) is 93.1 Å². The van der Waals surface area contributed by atoms with E-state index in [9.17, 15) is 14.4 Å². The molecule has 0 saturated heterocycles. The summed E-state index contributed by atoms with van der Waals surface area (Å²) in [6.45, 7) is 6.19. The third kappa shape index (κ3) is 4.13. The van der Waals surface area contributed by atoms with Gasteiger partial charge >= 0.3 is 6.03 Å². The van der Waals surface area contributed by atoms with Crippen LogP contribution in [0.15, 0.2) is 32.8 Å². The molecule has 3 amide bonds. The first-order valence-corrected chi connectivity index (χ1v) is 11.4. The van der Waals surface area contributed by atoms with E-state index in [1.54, 1.807) is 29.8 Å². The van der Waals surface area contributed by atoms with Gasteiger partial charge in [-0.3, -0.25) is 19.5 Å². The number of nitrogens with zero attached hydrogens (tertiary/aromatic N) is 2. The number of urea groups is 1. The minimum absolute atomic E-state index is 0.115. The van der Waals surface area contributed by atoms with Crippen molar-refractivity contribution in [3.05, 3.63) is 33.2 Å². The zero-order valence-corrected chi connectivity index (χ0v) is 18.1. The van der Waals surface area contributed by atoms with Crippen molar-refractivity contribution in [2.24, 2.45) is 0 Å². The van der Waals surface area contributed by atoms with Crippen LogP contribution in [-0.4, -0.2) is 33.3 Å². The summed E-state index contributed by atoms with van der Waals surface area (Å²) < 4.78 is 1.58. The smallest absolute Gasteiger partial charge is 0.321 e. The summed E-state index contributed by atoms with van der Waals surface area (Å²) in [4.78, 5) is 43.2. The standard InChI is InChI=1S/C18H20N4O3S3/c1-4-19-17(25)20-14(23)10(3)28-18-21-15-13(16(24)22(18)5-2)11(9-27-15)12-7-6-8-26-12/h6-10H,4-5H2,1-3H3,(H2,19,20,23,25). The minimum Gasteiger partial charge on any atom is -0.338 e. The number of hydrogen-bond donors (Lipinski definition) is 2. The lowest BCUT2D eigenvalue weighted by Crippen LogP contribution is -2.42. The van der Waals surface area contributed by atoms with Crippen LogP contribution in [0.25, 0.3) is 20.7 Å². The molecule has 0 saturated carbocycles. The highest BCUT2D eigenvalue weighted by Crippen LogP contribution is 2.35. The molecule has 0 aliphatic rings. The van der Waals surface area contributed by atoms with Crippen molar-refractivity contribution in [3.8, 4) is 10.4 Å². The molecule has 7 nitrogen and oxygen atoms in total. The Balaban J connectivity index is 1.93. The molecule has 2 N–H and O–H groups in total. The third-order valence-electron chi connectivity index (χ3n) is 3.99. The molecule has 0 aromatic carbocycles. The van der Waals surface area contributed by atoms with Crippen molar-refractivity contribution in [2.45, 2.75) is 37.7 Å². The van der Waals surface area contributed by atoms with Gasteiger partial charge in [-0.15, -0.1) is 22.7 Å². The van der Waals surface area contributed by atoms with Crippen LogP contribution in [0.2, 0.25) is 0 Å². The van der Waals surface area contributed by atoms with Gasteiger partial charge in [0.25, 0.3) is 5.56 Å². The number of amides is 3. The third-order valence-corrected chi connectivity index (χ3v) is 6.85. The van der Waals surface area contributed by atoms with Crippen LogP contribution in [0.1, 0.15) is 20.8 Å². The van der Waals surface area contributed by atoms with Gasteiger partial charge in [-0.2, -0.15) is 0 Å². The first kappa shape index (κ1) is 20.6. The maximum atomic E-state index is 13.1. The average molecular weight is 437 g/mol. The lowest BCUT2D eigenvalue weighted by Gasteiger charge is -2.14. The molecule has 1 atom stereocenters. The van der Waals surface area contributed by atoms with Crippen LogP contribution in [0, 0.1) is 0 Å². The SMILES string of the molecule is CCNC(=O)NC(=O)C(C)Sc1nc2scc(-c3cccs3)c2c(=O)n1CC. The molecule has 3 heterocycles. The number of thioether (sulfide) groups is 1. The van der Waals surface area contributed by atoms with E-state index in [1.807, 2.05) is 29.8 Å². The molecule has 148 valence electrons. The van der Waals surface area contributed by atoms with E-state index in [4.69, 9.17) is 0 Å². The Morgan fingerprint density at radius 1 is 1.32 bits per heavy atom. The van der Waals surface area contributed by atoms with E-state index < -0.39 is 17.2 Å². The molecule has 0 radical (unpaired) electrons. The van der Waals surface area contributed by atoms with Gasteiger partial charge in [0.15, 0.2) is 5.16 Å². The molecular weight excluding hydrogens is 416 g/mol. The largest absolute Gasteiger partial charge is 0.338 e. The Bertz CT molecular complexity index is 1060. The first-order chi connectivity index (χ1) is 13.5. The molecule has 3 aromatic heterocycles. The number of carbonyl (C=O) groups is 2. The summed E-state index contributed by atoms with van der Waals surface area (Å²) in [6, 6.07) is 3.40. The van der Waals surface area contributed by atoms with Crippen molar-refractivity contribution in [1.82, 2.24) is 20.2 Å². The molecule has 0 bridgehead atoms. The summed E-state index contributed by atoms with van der Waals surface area (Å²) in [6.07, 6.45) is 0. The monoisotopic (exact) mass is 436 g/mol. The van der Waals surface area contributed by atoms with Gasteiger partial charge in [0.1, 0.15) is 4.83 Å². The predicted molar refractivity (Wildman–Crippen MR) is 115 cm³/mol. The van der Waals surface area contributed by atoms with Gasteiger partial charge in [0.05, 0.1) is 10.6 Å². The number of nitrogens with one attached hydrogen (secondary N) is 2. The van der Waals surface area contributed by atoms with Crippen LogP contribution >= 0.6 is 34.4 Å². The number of imide groups is 1. The molecule has 28 heavy (non-hydrogen) atoms. The maximum absolute atomic E-state index is 13.1. The second-order valence-electron chi connectivity index (χ2n) is 5.86. The highest BCUT2D eigenvalue weighted by molar-refractivity contribution is 8.00. The van der Waals surface area contributed by atoms with Crippen molar-refractivity contribution >= 4 is 56.6 Å². The molecule has 3 rings (SSSR count). The highest BCUT2D eigenvalue weighted by atomic mass is 32.2. The summed E-state index contributed by atoms with van der Waals surface area (Å²) in [5.74, 6) is -0.432. The Hall–Kier alpha value is -2.17. The van der Waals surface area contributed by atoms with Gasteiger partial charge < -0.3 is 5.32 Å². The fourth-order valence-corrected chi connectivity index (χ4v) is 5.39. The molecule has 10 heteroatoms. The highest BCUT2D eigenvalue weighted by Gasteiger charge is 2.22. The van der Waals surface area contributed by atoms with E-state index >= 15 is 0 Å². The van der Waals surface area contributed by atoms with Crippen LogP contribution < -0.4 is 16.2 Å². The number of carbonyl (C=O) groups excluding carboxylic acids is 2. The van der Waals surface area contributed by atoms with E-state index in [2.05, 4.69) is 15.6 Å². The second kappa shape index (κ2) is 8.89. The summed E-state index contributed by atoms with van der Waals surface area (Å²) in [7, 11) is 0. The predicted octanol–water partition coefficient (Wildman–Crippen LogP) is 3.53. The molecule has 3 aromatic rings. The Morgan fingerprint density at radius 2 is 2.11 bits per heavy atom. The van der Waals surface area contributed by atoms with Crippen LogP contribution in [0.5, 0.6) is 0 Å². The van der Waals surface area contributed by atoms with Gasteiger partial charge in [-0.25, -0.2) is 9.78 Å². The summed E-state index contributed by atoms with van der Waals surface area (Å²) in [5, 5.41) is 9.23. The van der Waals surface area contributed by atoms with Crippen molar-refractivity contribution in [3.63, 3.8) is 0 Å². The molecule has 0 spiro atoms. The van der Waals surface area contributed by atoms with E-state index in [-0.39, 0.29) is 5.56 Å². The zero-order chi connectivity index (χ0) is 20.3. The molecule has 0 aliphatic carbocycles. The fourth-order valence-electron chi connectivity index (χ4n) is 2.62. The molecule has 0 aliphatic heterocycles. The lowest BCUT2D eigenvalue weighted by molar-refractivity contribution is -0.119. The molecule has 1 unspecified atom stereocenters. The lowest BCUT2D eigenvalue weighted by atomic mass is 10.2. The quantitative estimate of drug-likeness (QED) is 0.455. The minimum atomic E-state index is -0.582. The average Bonchev–Trinajstić information content (AvgIpc) is 3.31. The normalized spacial score (nSPS) is 12.1. The Kier molecular flexibility index (Phi) is 6.53. The van der Waals surface area contributed by atoms with E-state index in [0.29, 0.717) is 28.5 Å². The van der Waals surface area contributed by atoms with Gasteiger partial charge in [-0.1, -0.05) is 17.8 Å². The summed E-state index contributed by atoms with van der Waals surface area (Å²) in [5.41, 5.74) is 0.782. The maximum Gasteiger partial charge on any atom is 0.321 e. The summed E-state index contributed by atoms with van der Waals surface area (Å²) >= 11 is 4.17. The number of aromatic nitrogens is 2. The Labute approximate surface area is 174 Å². The van der Waals surface area contributed by atoms with Crippen LogP contribution in [-0.2, 0) is 11.3 Å². The zero-order valence-electron chi connectivity index (χ0n) is 15.6. The van der Waals surface area contributed by atoms with Crippen molar-refractivity contribution in [2.75, 3.05) is 6.54 Å². The second-order valence-corrected chi connectivity index (χ2v) is 8.97. The van der Waals surface area contributed by atoms with Crippen LogP contribution in [0.3, 0.4) is 0 Å². The van der Waals surface area contributed by atoms with E-state index in [1.165, 1.54) is 23.1 Å². The Morgan fingerprint density at radius 3 is 2.75 bits per heavy atom. The number of thiophene rings is 2. The number of hydrogen-bond acceptors (Lipinski definition) is 7. The fraction of sp³-hybridized carbons (Fsp3) is 0.333. The van der Waals surface area contributed by atoms with Crippen molar-refractivity contribution < 1.29 is 9.59 Å². The van der Waals surface area contributed by atoms with Crippen LogP contribution in [0.4, 0.5) is 4.79 Å². The molecular formula is C18H20N4O3S3. The van der Waals surface area contributed by atoms with Gasteiger partial charge in [0, 0.05) is 28.9 Å². The molecule has 0 fully saturated rings. The van der Waals surface area contributed by atoms with Crippen molar-refractivity contribution in [1.29, 1.82) is 0 Å².